The molecule has 1 aromatic carbocycles. The Balaban J connectivity index is 1.97. The van der Waals surface area contributed by atoms with Crippen LogP contribution in [0, 0.1) is 0 Å². The van der Waals surface area contributed by atoms with Gasteiger partial charge in [0.05, 0.1) is 18.4 Å². The van der Waals surface area contributed by atoms with E-state index >= 15 is 0 Å². The first-order chi connectivity index (χ1) is 10.2. The average molecular weight is 284 g/mol. The molecule has 0 radical (unpaired) electrons. The van der Waals surface area contributed by atoms with Crippen LogP contribution in [0.3, 0.4) is 0 Å². The minimum Gasteiger partial charge on any atom is -0.465 e. The molecule has 0 aliphatic heterocycles. The Morgan fingerprint density at radius 2 is 2.00 bits per heavy atom. The maximum atomic E-state index is 11.3. The smallest absolute Gasteiger partial charge is 0.339 e. The fourth-order valence-corrected chi connectivity index (χ4v) is 2.18. The van der Waals surface area contributed by atoms with Crippen molar-refractivity contribution in [3.05, 3.63) is 65.5 Å². The highest BCUT2D eigenvalue weighted by Gasteiger charge is 2.09. The van der Waals surface area contributed by atoms with Crippen LogP contribution in [0.25, 0.3) is 0 Å². The summed E-state index contributed by atoms with van der Waals surface area (Å²) in [7, 11) is 1.36. The van der Waals surface area contributed by atoms with Gasteiger partial charge in [0.25, 0.3) is 0 Å². The molecule has 1 aromatic heterocycles. The third-order valence-corrected chi connectivity index (χ3v) is 3.39. The van der Waals surface area contributed by atoms with Crippen LogP contribution in [0.15, 0.2) is 48.7 Å². The Morgan fingerprint density at radius 3 is 2.57 bits per heavy atom. The lowest BCUT2D eigenvalue weighted by atomic mass is 10.0. The topological polar surface area (TPSA) is 51.2 Å². The zero-order chi connectivity index (χ0) is 15.1. The Kier molecular flexibility index (Phi) is 5.46. The molecule has 4 heteroatoms. The van der Waals surface area contributed by atoms with Gasteiger partial charge in [-0.15, -0.1) is 0 Å². The standard InChI is InChI=1S/C17H20N2O2/c1-3-16(13-7-5-4-6-8-13)19-12-15-10-9-14(11-18-15)17(20)21-2/h4-11,16,19H,3,12H2,1-2H3. The normalized spacial score (nSPS) is 11.9. The van der Waals surface area contributed by atoms with Crippen molar-refractivity contribution in [2.75, 3.05) is 7.11 Å². The molecule has 0 amide bonds. The highest BCUT2D eigenvalue weighted by molar-refractivity contribution is 5.88. The fraction of sp³-hybridized carbons (Fsp3) is 0.294. The Bertz CT molecular complexity index is 567. The van der Waals surface area contributed by atoms with Gasteiger partial charge in [0, 0.05) is 18.8 Å². The molecule has 0 spiro atoms. The molecule has 2 rings (SSSR count). The van der Waals surface area contributed by atoms with Crippen molar-refractivity contribution >= 4 is 5.97 Å². The zero-order valence-electron chi connectivity index (χ0n) is 12.4. The van der Waals surface area contributed by atoms with Crippen molar-refractivity contribution in [3.63, 3.8) is 0 Å². The molecule has 4 nitrogen and oxygen atoms in total. The van der Waals surface area contributed by atoms with E-state index in [0.717, 1.165) is 12.1 Å². The molecule has 21 heavy (non-hydrogen) atoms. The first kappa shape index (κ1) is 15.2. The summed E-state index contributed by atoms with van der Waals surface area (Å²) in [6.45, 7) is 2.81. The summed E-state index contributed by atoms with van der Waals surface area (Å²) in [6.07, 6.45) is 2.55. The van der Waals surface area contributed by atoms with Gasteiger partial charge >= 0.3 is 5.97 Å². The number of methoxy groups -OCH3 is 1. The van der Waals surface area contributed by atoms with Crippen LogP contribution in [0.4, 0.5) is 0 Å². The quantitative estimate of drug-likeness (QED) is 0.828. The zero-order valence-corrected chi connectivity index (χ0v) is 12.4. The number of hydrogen-bond acceptors (Lipinski definition) is 4. The number of aromatic nitrogens is 1. The summed E-state index contributed by atoms with van der Waals surface area (Å²) < 4.78 is 4.65. The molecule has 1 heterocycles. The van der Waals surface area contributed by atoms with Crippen LogP contribution in [0.5, 0.6) is 0 Å². The number of rotatable bonds is 6. The lowest BCUT2D eigenvalue weighted by Gasteiger charge is -2.17. The van der Waals surface area contributed by atoms with E-state index in [-0.39, 0.29) is 5.97 Å². The molecule has 1 N–H and O–H groups in total. The lowest BCUT2D eigenvalue weighted by Crippen LogP contribution is -2.20. The first-order valence-electron chi connectivity index (χ1n) is 7.06. The molecule has 1 atom stereocenters. The van der Waals surface area contributed by atoms with Gasteiger partial charge < -0.3 is 10.1 Å². The van der Waals surface area contributed by atoms with Crippen molar-refractivity contribution in [1.29, 1.82) is 0 Å². The highest BCUT2D eigenvalue weighted by Crippen LogP contribution is 2.16. The second kappa shape index (κ2) is 7.55. The fourth-order valence-electron chi connectivity index (χ4n) is 2.18. The third-order valence-electron chi connectivity index (χ3n) is 3.39. The van der Waals surface area contributed by atoms with E-state index in [2.05, 4.69) is 34.1 Å². The molecule has 0 fully saturated rings. The molecular formula is C17H20N2O2. The number of nitrogens with one attached hydrogen (secondary N) is 1. The van der Waals surface area contributed by atoms with E-state index in [1.165, 1.54) is 12.7 Å². The molecule has 0 aliphatic rings. The Hall–Kier alpha value is -2.20. The van der Waals surface area contributed by atoms with Gasteiger partial charge in [-0.25, -0.2) is 4.79 Å². The minimum atomic E-state index is -0.363. The third kappa shape index (κ3) is 4.13. The van der Waals surface area contributed by atoms with Crippen molar-refractivity contribution in [3.8, 4) is 0 Å². The van der Waals surface area contributed by atoms with Gasteiger partial charge in [0.15, 0.2) is 0 Å². The second-order valence-electron chi connectivity index (χ2n) is 4.78. The highest BCUT2D eigenvalue weighted by atomic mass is 16.5. The number of ether oxygens (including phenoxy) is 1. The van der Waals surface area contributed by atoms with Crippen molar-refractivity contribution < 1.29 is 9.53 Å². The van der Waals surface area contributed by atoms with E-state index < -0.39 is 0 Å². The Labute approximate surface area is 125 Å². The summed E-state index contributed by atoms with van der Waals surface area (Å²) in [5.74, 6) is -0.363. The predicted molar refractivity (Wildman–Crippen MR) is 81.9 cm³/mol. The number of benzene rings is 1. The van der Waals surface area contributed by atoms with E-state index in [1.54, 1.807) is 12.3 Å². The van der Waals surface area contributed by atoms with E-state index in [1.807, 2.05) is 24.3 Å². The maximum Gasteiger partial charge on any atom is 0.339 e. The van der Waals surface area contributed by atoms with Crippen molar-refractivity contribution in [2.45, 2.75) is 25.9 Å². The SMILES string of the molecule is CCC(NCc1ccc(C(=O)OC)cn1)c1ccccc1. The van der Waals surface area contributed by atoms with Crippen LogP contribution >= 0.6 is 0 Å². The number of pyridine rings is 1. The molecular weight excluding hydrogens is 264 g/mol. The van der Waals surface area contributed by atoms with Gasteiger partial charge in [-0.2, -0.15) is 0 Å². The van der Waals surface area contributed by atoms with E-state index in [4.69, 9.17) is 0 Å². The van der Waals surface area contributed by atoms with Crippen LogP contribution in [-0.2, 0) is 11.3 Å². The molecule has 0 aliphatic carbocycles. The van der Waals surface area contributed by atoms with Crippen LogP contribution < -0.4 is 5.32 Å². The largest absolute Gasteiger partial charge is 0.465 e. The lowest BCUT2D eigenvalue weighted by molar-refractivity contribution is 0.0600. The average Bonchev–Trinajstić information content (AvgIpc) is 2.56. The van der Waals surface area contributed by atoms with Gasteiger partial charge in [-0.3, -0.25) is 4.98 Å². The number of carbonyl (C=O) groups excluding carboxylic acids is 1. The minimum absolute atomic E-state index is 0.299. The number of nitrogens with zero attached hydrogens (tertiary/aromatic N) is 1. The summed E-state index contributed by atoms with van der Waals surface area (Å²) in [4.78, 5) is 15.6. The number of hydrogen-bond donors (Lipinski definition) is 1. The molecule has 0 bridgehead atoms. The number of carbonyl (C=O) groups is 1. The van der Waals surface area contributed by atoms with E-state index in [0.29, 0.717) is 18.2 Å². The van der Waals surface area contributed by atoms with Crippen LogP contribution in [-0.4, -0.2) is 18.1 Å². The second-order valence-corrected chi connectivity index (χ2v) is 4.78. The van der Waals surface area contributed by atoms with Crippen LogP contribution in [0.2, 0.25) is 0 Å². The molecule has 1 unspecified atom stereocenters. The summed E-state index contributed by atoms with van der Waals surface area (Å²) in [5, 5.41) is 3.49. The summed E-state index contributed by atoms with van der Waals surface area (Å²) in [6, 6.07) is 14.2. The monoisotopic (exact) mass is 284 g/mol. The number of esters is 1. The van der Waals surface area contributed by atoms with Gasteiger partial charge in [-0.05, 0) is 24.1 Å². The predicted octanol–water partition coefficient (Wildman–Crippen LogP) is 3.11. The molecule has 0 saturated heterocycles. The molecule has 2 aromatic rings. The molecule has 110 valence electrons. The van der Waals surface area contributed by atoms with Gasteiger partial charge in [-0.1, -0.05) is 37.3 Å². The van der Waals surface area contributed by atoms with Gasteiger partial charge in [0.1, 0.15) is 0 Å². The van der Waals surface area contributed by atoms with E-state index in [9.17, 15) is 4.79 Å². The van der Waals surface area contributed by atoms with Crippen LogP contribution in [0.1, 0.15) is 41.0 Å². The first-order valence-corrected chi connectivity index (χ1v) is 7.06. The molecule has 0 saturated carbocycles. The summed E-state index contributed by atoms with van der Waals surface area (Å²) >= 11 is 0. The summed E-state index contributed by atoms with van der Waals surface area (Å²) in [5.41, 5.74) is 2.64. The van der Waals surface area contributed by atoms with Crippen molar-refractivity contribution in [1.82, 2.24) is 10.3 Å². The Morgan fingerprint density at radius 1 is 1.24 bits per heavy atom. The van der Waals surface area contributed by atoms with Gasteiger partial charge in [0.2, 0.25) is 0 Å². The van der Waals surface area contributed by atoms with Crippen molar-refractivity contribution in [2.24, 2.45) is 0 Å². The maximum absolute atomic E-state index is 11.3.